The topological polar surface area (TPSA) is 115 Å². The minimum Gasteiger partial charge on any atom is -0.495 e. The number of nitrogens with zero attached hydrogens (tertiary/aromatic N) is 3. The predicted molar refractivity (Wildman–Crippen MR) is 112 cm³/mol. The van der Waals surface area contributed by atoms with Gasteiger partial charge in [0.05, 0.1) is 37.2 Å². The van der Waals surface area contributed by atoms with Crippen LogP contribution < -0.4 is 19.5 Å². The van der Waals surface area contributed by atoms with E-state index < -0.39 is 28.2 Å². The van der Waals surface area contributed by atoms with E-state index in [0.29, 0.717) is 22.2 Å². The van der Waals surface area contributed by atoms with Gasteiger partial charge in [-0.15, -0.1) is 0 Å². The van der Waals surface area contributed by atoms with Crippen molar-refractivity contribution in [3.05, 3.63) is 34.6 Å². The molecule has 1 saturated heterocycles. The van der Waals surface area contributed by atoms with Gasteiger partial charge >= 0.3 is 0 Å². The van der Waals surface area contributed by atoms with Crippen LogP contribution in [0.4, 0.5) is 5.69 Å². The van der Waals surface area contributed by atoms with Crippen LogP contribution in [0.1, 0.15) is 23.7 Å². The lowest BCUT2D eigenvalue weighted by Gasteiger charge is -2.36. The Labute approximate surface area is 180 Å². The minimum absolute atomic E-state index is 0.223. The van der Waals surface area contributed by atoms with Gasteiger partial charge in [0.2, 0.25) is 5.91 Å². The minimum atomic E-state index is -3.88. The number of amides is 1. The number of anilines is 1. The second-order valence-electron chi connectivity index (χ2n) is 6.93. The van der Waals surface area contributed by atoms with Crippen molar-refractivity contribution in [3.8, 4) is 11.5 Å². The zero-order valence-electron chi connectivity index (χ0n) is 17.3. The molecular weight excluding hydrogens is 434 g/mol. The second kappa shape index (κ2) is 8.42. The molecule has 164 valence electrons. The lowest BCUT2D eigenvalue weighted by Crippen LogP contribution is -2.56. The van der Waals surface area contributed by atoms with Crippen molar-refractivity contribution < 1.29 is 22.7 Å². The van der Waals surface area contributed by atoms with Crippen molar-refractivity contribution in [2.75, 3.05) is 26.6 Å². The zero-order valence-corrected chi connectivity index (χ0v) is 18.8. The molecule has 0 bridgehead atoms. The number of carbonyl (C=O) groups excluding carboxylic acids is 1. The molecule has 1 fully saturated rings. The molecule has 1 aliphatic rings. The van der Waals surface area contributed by atoms with E-state index in [2.05, 4.69) is 15.1 Å². The Kier molecular flexibility index (Phi) is 6.27. The number of halogens is 1. The Bertz CT molecular complexity index is 1070. The van der Waals surface area contributed by atoms with Gasteiger partial charge < -0.3 is 14.8 Å². The molecule has 0 unspecified atom stereocenters. The molecule has 12 heteroatoms. The van der Waals surface area contributed by atoms with Crippen LogP contribution in [0.2, 0.25) is 5.02 Å². The van der Waals surface area contributed by atoms with E-state index in [4.69, 9.17) is 21.1 Å². The van der Waals surface area contributed by atoms with E-state index in [0.717, 1.165) is 15.6 Å². The van der Waals surface area contributed by atoms with Crippen LogP contribution in [0, 0.1) is 6.92 Å². The molecule has 2 heterocycles. The van der Waals surface area contributed by atoms with E-state index in [9.17, 15) is 13.2 Å². The highest BCUT2D eigenvalue weighted by atomic mass is 35.5. The largest absolute Gasteiger partial charge is 0.495 e. The van der Waals surface area contributed by atoms with Gasteiger partial charge in [0.1, 0.15) is 17.5 Å². The lowest BCUT2D eigenvalue weighted by atomic mass is 10.00. The van der Waals surface area contributed by atoms with Gasteiger partial charge in [-0.3, -0.25) is 9.48 Å². The Hall–Kier alpha value is -2.34. The van der Waals surface area contributed by atoms with Crippen molar-refractivity contribution in [3.63, 3.8) is 0 Å². The number of ether oxygens (including phenoxy) is 2. The highest BCUT2D eigenvalue weighted by Gasteiger charge is 2.41. The van der Waals surface area contributed by atoms with Gasteiger partial charge in [0.15, 0.2) is 0 Å². The van der Waals surface area contributed by atoms with Gasteiger partial charge in [-0.1, -0.05) is 11.6 Å². The van der Waals surface area contributed by atoms with Crippen LogP contribution in [-0.4, -0.2) is 55.7 Å². The molecule has 2 aromatic rings. The number of benzene rings is 1. The van der Waals surface area contributed by atoms with E-state index in [-0.39, 0.29) is 6.42 Å². The van der Waals surface area contributed by atoms with Crippen LogP contribution in [0.3, 0.4) is 0 Å². The lowest BCUT2D eigenvalue weighted by molar-refractivity contribution is -0.120. The SMILES string of the molecule is COc1cc(NC(=O)[C@@H]2C[C@@H](c3cnn(C)c3C)NS(=O)(=O)N2C)c(OC)cc1Cl. The maximum Gasteiger partial charge on any atom is 0.280 e. The van der Waals surface area contributed by atoms with Crippen LogP contribution in [0.15, 0.2) is 18.3 Å². The maximum atomic E-state index is 13.1. The molecule has 10 nitrogen and oxygen atoms in total. The van der Waals surface area contributed by atoms with Crippen molar-refractivity contribution >= 4 is 33.4 Å². The molecule has 2 N–H and O–H groups in total. The molecule has 0 aliphatic carbocycles. The first-order chi connectivity index (χ1) is 14.1. The van der Waals surface area contributed by atoms with Crippen LogP contribution in [0.5, 0.6) is 11.5 Å². The third-order valence-electron chi connectivity index (χ3n) is 5.25. The number of nitrogens with one attached hydrogen (secondary N) is 2. The summed E-state index contributed by atoms with van der Waals surface area (Å²) >= 11 is 6.11. The first-order valence-corrected chi connectivity index (χ1v) is 10.9. The van der Waals surface area contributed by atoms with Gasteiger partial charge in [-0.2, -0.15) is 22.5 Å². The molecule has 2 atom stereocenters. The third-order valence-corrected chi connectivity index (χ3v) is 7.14. The van der Waals surface area contributed by atoms with Crippen LogP contribution >= 0.6 is 11.6 Å². The van der Waals surface area contributed by atoms with E-state index in [1.165, 1.54) is 33.4 Å². The quantitative estimate of drug-likeness (QED) is 0.705. The summed E-state index contributed by atoms with van der Waals surface area (Å²) in [6.45, 7) is 1.84. The molecule has 1 amide bonds. The normalized spacial score (nSPS) is 21.3. The summed E-state index contributed by atoms with van der Waals surface area (Å²) in [5.41, 5.74) is 1.86. The molecule has 0 saturated carbocycles. The van der Waals surface area contributed by atoms with E-state index in [1.54, 1.807) is 17.9 Å². The molecule has 1 aromatic carbocycles. The number of likely N-dealkylation sites (N-methyl/N-ethyl adjacent to an activating group) is 1. The van der Waals surface area contributed by atoms with Gasteiger partial charge in [-0.25, -0.2) is 0 Å². The summed E-state index contributed by atoms with van der Waals surface area (Å²) in [5.74, 6) is 0.174. The number of aromatic nitrogens is 2. The smallest absolute Gasteiger partial charge is 0.280 e. The first-order valence-electron chi connectivity index (χ1n) is 9.05. The van der Waals surface area contributed by atoms with E-state index in [1.807, 2.05) is 6.92 Å². The summed E-state index contributed by atoms with van der Waals surface area (Å²) in [5, 5.41) is 7.23. The number of methoxy groups -OCH3 is 2. The molecule has 3 rings (SSSR count). The summed E-state index contributed by atoms with van der Waals surface area (Å²) in [6.07, 6.45) is 1.83. The van der Waals surface area contributed by atoms with E-state index >= 15 is 0 Å². The second-order valence-corrected chi connectivity index (χ2v) is 9.10. The average Bonchev–Trinajstić information content (AvgIpc) is 3.03. The number of hydrogen-bond donors (Lipinski definition) is 2. The van der Waals surface area contributed by atoms with Crippen LogP contribution in [0.25, 0.3) is 0 Å². The summed E-state index contributed by atoms with van der Waals surface area (Å²) in [6, 6.07) is 1.50. The summed E-state index contributed by atoms with van der Waals surface area (Å²) < 4.78 is 41.1. The number of aryl methyl sites for hydroxylation is 1. The number of carbonyl (C=O) groups is 1. The van der Waals surface area contributed by atoms with Gasteiger partial charge in [0, 0.05) is 37.5 Å². The Morgan fingerprint density at radius 2 is 1.93 bits per heavy atom. The molecule has 1 aliphatic heterocycles. The third kappa shape index (κ3) is 4.10. The fourth-order valence-electron chi connectivity index (χ4n) is 3.34. The molecule has 0 spiro atoms. The predicted octanol–water partition coefficient (Wildman–Crippen LogP) is 1.62. The maximum absolute atomic E-state index is 13.1. The molecule has 0 radical (unpaired) electrons. The summed E-state index contributed by atoms with van der Waals surface area (Å²) in [4.78, 5) is 13.1. The monoisotopic (exact) mass is 457 g/mol. The van der Waals surface area contributed by atoms with Crippen LogP contribution in [-0.2, 0) is 22.1 Å². The zero-order chi connectivity index (χ0) is 22.2. The number of hydrogen-bond acceptors (Lipinski definition) is 6. The molecule has 30 heavy (non-hydrogen) atoms. The molecular formula is C18H24ClN5O5S. The Morgan fingerprint density at radius 1 is 1.27 bits per heavy atom. The number of rotatable bonds is 5. The fraction of sp³-hybridized carbons (Fsp3) is 0.444. The first kappa shape index (κ1) is 22.3. The van der Waals surface area contributed by atoms with Crippen molar-refractivity contribution in [1.82, 2.24) is 18.8 Å². The standard InChI is InChI=1S/C18H24ClN5O5S/c1-10-11(9-20-23(10)2)13-7-15(24(3)30(26,27)22-13)18(25)21-14-8-16(28-4)12(19)6-17(14)29-5/h6,8-9,13,15,22H,7H2,1-5H3,(H,21,25)/t13-,15-/m0/s1. The van der Waals surface area contributed by atoms with Crippen molar-refractivity contribution in [2.24, 2.45) is 7.05 Å². The average molecular weight is 458 g/mol. The fourth-order valence-corrected chi connectivity index (χ4v) is 4.84. The van der Waals surface area contributed by atoms with Crippen molar-refractivity contribution in [1.29, 1.82) is 0 Å². The highest BCUT2D eigenvalue weighted by molar-refractivity contribution is 7.87. The Balaban J connectivity index is 1.91. The Morgan fingerprint density at radius 3 is 2.50 bits per heavy atom. The molecule has 1 aromatic heterocycles. The highest BCUT2D eigenvalue weighted by Crippen LogP contribution is 2.37. The summed E-state index contributed by atoms with van der Waals surface area (Å²) in [7, 11) is 2.14. The van der Waals surface area contributed by atoms with Gasteiger partial charge in [-0.05, 0) is 13.3 Å². The van der Waals surface area contributed by atoms with Gasteiger partial charge in [0.25, 0.3) is 10.2 Å². The van der Waals surface area contributed by atoms with Crippen molar-refractivity contribution in [2.45, 2.75) is 25.4 Å².